The molecule has 0 aliphatic heterocycles. The summed E-state index contributed by atoms with van der Waals surface area (Å²) in [5, 5.41) is -1.96. The van der Waals surface area contributed by atoms with Gasteiger partial charge in [-0.15, -0.1) is 0 Å². The van der Waals surface area contributed by atoms with Crippen molar-refractivity contribution in [2.45, 2.75) is 115 Å². The van der Waals surface area contributed by atoms with E-state index in [1.54, 1.807) is 0 Å². The van der Waals surface area contributed by atoms with Crippen molar-refractivity contribution in [2.24, 2.45) is 0 Å². The maximum atomic E-state index is 12.0. The fourth-order valence-electron chi connectivity index (χ4n) is 3.41. The third kappa shape index (κ3) is 18.2. The molecule has 0 aromatic carbocycles. The van der Waals surface area contributed by atoms with E-state index in [1.165, 1.54) is 76.7 Å². The molecule has 0 spiro atoms. The highest BCUT2D eigenvalue weighted by atomic mass is 32.2. The average molecular weight is 477 g/mol. The third-order valence-corrected chi connectivity index (χ3v) is 6.41. The number of carbonyl (C=O) groups excluding carboxylic acids is 2. The summed E-state index contributed by atoms with van der Waals surface area (Å²) in [7, 11) is -4.76. The predicted molar refractivity (Wildman–Crippen MR) is 127 cm³/mol. The van der Waals surface area contributed by atoms with Crippen molar-refractivity contribution in [3.63, 3.8) is 0 Å². The second kappa shape index (κ2) is 20.2. The van der Waals surface area contributed by atoms with E-state index in [1.807, 2.05) is 0 Å². The summed E-state index contributed by atoms with van der Waals surface area (Å²) in [5.41, 5.74) is 0. The van der Waals surface area contributed by atoms with E-state index in [0.29, 0.717) is 6.42 Å². The number of ether oxygens (including phenoxy) is 2. The maximum Gasteiger partial charge on any atom is 0.327 e. The Morgan fingerprint density at radius 2 is 1.25 bits per heavy atom. The summed E-state index contributed by atoms with van der Waals surface area (Å²) in [6.45, 7) is 5.56. The van der Waals surface area contributed by atoms with Gasteiger partial charge in [0.1, 0.15) is 6.61 Å². The first kappa shape index (κ1) is 30.6. The zero-order valence-electron chi connectivity index (χ0n) is 19.9. The van der Waals surface area contributed by atoms with E-state index in [-0.39, 0.29) is 13.2 Å². The van der Waals surface area contributed by atoms with Crippen molar-refractivity contribution in [2.75, 3.05) is 13.2 Å². The molecule has 0 rings (SSSR count). The van der Waals surface area contributed by atoms with Crippen molar-refractivity contribution in [1.29, 1.82) is 0 Å². The van der Waals surface area contributed by atoms with Crippen LogP contribution >= 0.6 is 0 Å². The normalized spacial score (nSPS) is 12.3. The van der Waals surface area contributed by atoms with Gasteiger partial charge in [0.05, 0.1) is 13.0 Å². The monoisotopic (exact) mass is 476 g/mol. The molecule has 1 unspecified atom stereocenters. The van der Waals surface area contributed by atoms with Gasteiger partial charge in [0, 0.05) is 0 Å². The summed E-state index contributed by atoms with van der Waals surface area (Å²) >= 11 is 0. The Morgan fingerprint density at radius 3 is 1.66 bits per heavy atom. The Kier molecular flexibility index (Phi) is 19.3. The van der Waals surface area contributed by atoms with Crippen LogP contribution in [-0.2, 0) is 29.2 Å². The van der Waals surface area contributed by atoms with Gasteiger partial charge in [-0.25, -0.2) is 0 Å². The number of carbonyl (C=O) groups is 2. The molecule has 0 heterocycles. The largest absolute Gasteiger partial charge is 0.465 e. The molecule has 0 saturated heterocycles. The van der Waals surface area contributed by atoms with Gasteiger partial charge in [0.15, 0.2) is 5.25 Å². The van der Waals surface area contributed by atoms with Crippen LogP contribution in [0.2, 0.25) is 0 Å². The van der Waals surface area contributed by atoms with Gasteiger partial charge in [0.25, 0.3) is 10.1 Å². The molecule has 188 valence electrons. The molecule has 0 aliphatic rings. The Morgan fingerprint density at radius 1 is 0.812 bits per heavy atom. The molecule has 0 aromatic heterocycles. The smallest absolute Gasteiger partial charge is 0.327 e. The summed E-state index contributed by atoms with van der Waals surface area (Å²) in [6.07, 6.45) is 18.7. The van der Waals surface area contributed by atoms with Gasteiger partial charge in [0.2, 0.25) is 0 Å². The van der Waals surface area contributed by atoms with Crippen LogP contribution in [0.25, 0.3) is 0 Å². The summed E-state index contributed by atoms with van der Waals surface area (Å²) in [5.74, 6) is -2.05. The molecule has 0 bridgehead atoms. The summed E-state index contributed by atoms with van der Waals surface area (Å²) in [4.78, 5) is 23.5. The fraction of sp³-hybridized carbons (Fsp3) is 0.833. The minimum Gasteiger partial charge on any atom is -0.465 e. The second-order valence-corrected chi connectivity index (χ2v) is 9.90. The molecule has 0 saturated carbocycles. The molecule has 0 amide bonds. The lowest BCUT2D eigenvalue weighted by molar-refractivity contribution is -0.149. The Bertz CT molecular complexity index is 601. The van der Waals surface area contributed by atoms with Crippen LogP contribution in [-0.4, -0.2) is 43.4 Å². The number of unbranched alkanes of at least 4 members (excludes halogenated alkanes) is 14. The average Bonchev–Trinajstić information content (AvgIpc) is 2.74. The molecule has 7 nitrogen and oxygen atoms in total. The molecular formula is C24H44O7S. The highest BCUT2D eigenvalue weighted by Crippen LogP contribution is 2.14. The van der Waals surface area contributed by atoms with Crippen molar-refractivity contribution in [3.05, 3.63) is 12.7 Å². The van der Waals surface area contributed by atoms with Gasteiger partial charge in [-0.3, -0.25) is 14.1 Å². The van der Waals surface area contributed by atoms with Crippen LogP contribution in [0, 0.1) is 0 Å². The molecule has 0 aromatic rings. The molecule has 32 heavy (non-hydrogen) atoms. The van der Waals surface area contributed by atoms with Crippen LogP contribution in [0.15, 0.2) is 12.7 Å². The Labute approximate surface area is 195 Å². The highest BCUT2D eigenvalue weighted by Gasteiger charge is 2.35. The zero-order chi connectivity index (χ0) is 24.1. The number of hydrogen-bond acceptors (Lipinski definition) is 6. The first-order chi connectivity index (χ1) is 15.3. The number of esters is 2. The van der Waals surface area contributed by atoms with Gasteiger partial charge >= 0.3 is 11.9 Å². The standard InChI is InChI=1S/C24H44O7S/c1-3-5-6-7-8-9-10-11-12-13-14-15-16-17-18-20-31-24(26)22(32(27,28)29)21-23(25)30-19-4-2/h4,22H,2-3,5-21H2,1H3,(H,27,28,29). The van der Waals surface area contributed by atoms with Gasteiger partial charge < -0.3 is 9.47 Å². The predicted octanol–water partition coefficient (Wildman–Crippen LogP) is 5.78. The maximum absolute atomic E-state index is 12.0. The minimum atomic E-state index is -4.76. The van der Waals surface area contributed by atoms with Crippen molar-refractivity contribution in [1.82, 2.24) is 0 Å². The molecule has 0 aliphatic carbocycles. The number of rotatable bonds is 22. The third-order valence-electron chi connectivity index (χ3n) is 5.33. The highest BCUT2D eigenvalue weighted by molar-refractivity contribution is 7.87. The lowest BCUT2D eigenvalue weighted by atomic mass is 10.0. The lowest BCUT2D eigenvalue weighted by Crippen LogP contribution is -2.34. The SMILES string of the molecule is C=CCOC(=O)CC(C(=O)OCCCCCCCCCCCCCCCCC)S(=O)(=O)O. The van der Waals surface area contributed by atoms with E-state index < -0.39 is 33.7 Å². The Balaban J connectivity index is 3.71. The molecule has 1 atom stereocenters. The van der Waals surface area contributed by atoms with Gasteiger partial charge in [-0.05, 0) is 6.42 Å². The quantitative estimate of drug-likeness (QED) is 0.0913. The first-order valence-corrected chi connectivity index (χ1v) is 13.7. The van der Waals surface area contributed by atoms with Crippen LogP contribution in [0.3, 0.4) is 0 Å². The fourth-order valence-corrected chi connectivity index (χ4v) is 4.07. The van der Waals surface area contributed by atoms with E-state index >= 15 is 0 Å². The van der Waals surface area contributed by atoms with E-state index in [9.17, 15) is 22.6 Å². The van der Waals surface area contributed by atoms with Gasteiger partial charge in [-0.1, -0.05) is 109 Å². The van der Waals surface area contributed by atoms with Crippen LogP contribution < -0.4 is 0 Å². The summed E-state index contributed by atoms with van der Waals surface area (Å²) < 4.78 is 41.6. The Hall–Kier alpha value is -1.41. The van der Waals surface area contributed by atoms with Crippen LogP contribution in [0.1, 0.15) is 110 Å². The molecule has 0 fully saturated rings. The molecule has 8 heteroatoms. The van der Waals surface area contributed by atoms with Crippen LogP contribution in [0.5, 0.6) is 0 Å². The minimum absolute atomic E-state index is 0.0603. The topological polar surface area (TPSA) is 107 Å². The summed E-state index contributed by atoms with van der Waals surface area (Å²) in [6, 6.07) is 0. The van der Waals surface area contributed by atoms with Gasteiger partial charge in [-0.2, -0.15) is 8.42 Å². The second-order valence-electron chi connectivity index (χ2n) is 8.30. The lowest BCUT2D eigenvalue weighted by Gasteiger charge is -2.12. The van der Waals surface area contributed by atoms with Crippen LogP contribution in [0.4, 0.5) is 0 Å². The van der Waals surface area contributed by atoms with Crippen molar-refractivity contribution < 1.29 is 32.0 Å². The van der Waals surface area contributed by atoms with Crippen molar-refractivity contribution in [3.8, 4) is 0 Å². The zero-order valence-corrected chi connectivity index (χ0v) is 20.7. The van der Waals surface area contributed by atoms with E-state index in [0.717, 1.165) is 19.3 Å². The first-order valence-electron chi connectivity index (χ1n) is 12.2. The number of hydrogen-bond donors (Lipinski definition) is 1. The molecule has 1 N–H and O–H groups in total. The van der Waals surface area contributed by atoms with E-state index in [2.05, 4.69) is 18.2 Å². The van der Waals surface area contributed by atoms with Crippen molar-refractivity contribution >= 4 is 22.1 Å². The van der Waals surface area contributed by atoms with E-state index in [4.69, 9.17) is 4.74 Å². The molecular weight excluding hydrogens is 432 g/mol. The molecule has 0 radical (unpaired) electrons.